The van der Waals surface area contributed by atoms with Gasteiger partial charge in [-0.25, -0.2) is 4.98 Å². The van der Waals surface area contributed by atoms with Gasteiger partial charge in [0.2, 0.25) is 0 Å². The summed E-state index contributed by atoms with van der Waals surface area (Å²) in [4.78, 5) is 3.63. The van der Waals surface area contributed by atoms with Crippen molar-refractivity contribution in [3.63, 3.8) is 0 Å². The Labute approximate surface area is 77.9 Å². The molecule has 1 aromatic rings. The molecule has 0 aliphatic rings. The van der Waals surface area contributed by atoms with Crippen LogP contribution >= 0.6 is 11.6 Å². The van der Waals surface area contributed by atoms with Crippen molar-refractivity contribution in [2.24, 2.45) is 0 Å². The number of nitrogens with zero attached hydrogens (tertiary/aromatic N) is 1. The Kier molecular flexibility index (Phi) is 2.93. The van der Waals surface area contributed by atoms with E-state index >= 15 is 0 Å². The van der Waals surface area contributed by atoms with Crippen LogP contribution in [0.2, 0.25) is 5.15 Å². The SMILES string of the molecule is FC(F)(F)C=Cc1ccnc(Cl)c1. The van der Waals surface area contributed by atoms with Crippen LogP contribution in [0.1, 0.15) is 5.56 Å². The molecule has 0 fully saturated rings. The molecule has 0 aliphatic carbocycles. The molecule has 1 rings (SSSR count). The second-order valence-electron chi connectivity index (χ2n) is 2.29. The van der Waals surface area contributed by atoms with Gasteiger partial charge in [0.25, 0.3) is 0 Å². The average Bonchev–Trinajstić information content (AvgIpc) is 2.00. The lowest BCUT2D eigenvalue weighted by Crippen LogP contribution is -2.00. The van der Waals surface area contributed by atoms with Crippen LogP contribution in [-0.2, 0) is 0 Å². The van der Waals surface area contributed by atoms with E-state index in [0.29, 0.717) is 5.56 Å². The molecule has 1 aromatic heterocycles. The smallest absolute Gasteiger partial charge is 0.245 e. The van der Waals surface area contributed by atoms with Crippen molar-refractivity contribution in [3.8, 4) is 0 Å². The molecule has 0 aliphatic heterocycles. The van der Waals surface area contributed by atoms with Crippen LogP contribution in [0.15, 0.2) is 24.4 Å². The Hall–Kier alpha value is -1.03. The van der Waals surface area contributed by atoms with Crippen LogP contribution in [0, 0.1) is 0 Å². The minimum atomic E-state index is -4.30. The minimum Gasteiger partial charge on any atom is -0.245 e. The van der Waals surface area contributed by atoms with E-state index in [0.717, 1.165) is 6.08 Å². The topological polar surface area (TPSA) is 12.9 Å². The maximum atomic E-state index is 11.7. The maximum Gasteiger partial charge on any atom is 0.409 e. The van der Waals surface area contributed by atoms with Crippen LogP contribution in [-0.4, -0.2) is 11.2 Å². The molecule has 5 heteroatoms. The van der Waals surface area contributed by atoms with Gasteiger partial charge in [0.05, 0.1) is 0 Å². The summed E-state index contributed by atoms with van der Waals surface area (Å²) < 4.78 is 35.1. The van der Waals surface area contributed by atoms with E-state index in [9.17, 15) is 13.2 Å². The molecule has 70 valence electrons. The Morgan fingerprint density at radius 1 is 1.38 bits per heavy atom. The van der Waals surface area contributed by atoms with E-state index < -0.39 is 6.18 Å². The lowest BCUT2D eigenvalue weighted by Gasteiger charge is -1.97. The number of allylic oxidation sites excluding steroid dienone is 1. The molecule has 0 radical (unpaired) electrons. The predicted octanol–water partition coefficient (Wildman–Crippen LogP) is 3.31. The molecule has 0 saturated heterocycles. The number of hydrogen-bond donors (Lipinski definition) is 0. The molecule has 0 spiro atoms. The Bertz CT molecular complexity index is 319. The quantitative estimate of drug-likeness (QED) is 0.644. The number of rotatable bonds is 1. The first-order valence-corrected chi connectivity index (χ1v) is 3.73. The van der Waals surface area contributed by atoms with Crippen molar-refractivity contribution in [3.05, 3.63) is 35.1 Å². The van der Waals surface area contributed by atoms with Gasteiger partial charge >= 0.3 is 6.18 Å². The molecular weight excluding hydrogens is 203 g/mol. The zero-order valence-electron chi connectivity index (χ0n) is 6.35. The standard InChI is InChI=1S/C8H5ClF3N/c9-7-5-6(2-4-13-7)1-3-8(10,11)12/h1-5H. The summed E-state index contributed by atoms with van der Waals surface area (Å²) in [5.74, 6) is 0. The van der Waals surface area contributed by atoms with Crippen LogP contribution in [0.4, 0.5) is 13.2 Å². The van der Waals surface area contributed by atoms with Crippen LogP contribution in [0.25, 0.3) is 6.08 Å². The molecule has 0 atom stereocenters. The number of alkyl halides is 3. The van der Waals surface area contributed by atoms with Gasteiger partial charge in [0.15, 0.2) is 0 Å². The zero-order valence-corrected chi connectivity index (χ0v) is 7.10. The highest BCUT2D eigenvalue weighted by Gasteiger charge is 2.21. The van der Waals surface area contributed by atoms with Crippen LogP contribution in [0.3, 0.4) is 0 Å². The molecule has 1 nitrogen and oxygen atoms in total. The summed E-state index contributed by atoms with van der Waals surface area (Å²) >= 11 is 5.47. The van der Waals surface area contributed by atoms with Crippen LogP contribution in [0.5, 0.6) is 0 Å². The van der Waals surface area contributed by atoms with Crippen molar-refractivity contribution < 1.29 is 13.2 Å². The molecule has 0 bridgehead atoms. The van der Waals surface area contributed by atoms with E-state index in [-0.39, 0.29) is 11.2 Å². The Morgan fingerprint density at radius 2 is 2.08 bits per heavy atom. The zero-order chi connectivity index (χ0) is 9.90. The lowest BCUT2D eigenvalue weighted by atomic mass is 10.2. The Balaban J connectivity index is 2.80. The van der Waals surface area contributed by atoms with E-state index in [2.05, 4.69) is 4.98 Å². The van der Waals surface area contributed by atoms with Crippen molar-refractivity contribution in [1.29, 1.82) is 0 Å². The highest BCUT2D eigenvalue weighted by Crippen LogP contribution is 2.18. The summed E-state index contributed by atoms with van der Waals surface area (Å²) in [5, 5.41) is 0.171. The molecule has 1 heterocycles. The highest BCUT2D eigenvalue weighted by molar-refractivity contribution is 6.29. The van der Waals surface area contributed by atoms with Gasteiger partial charge < -0.3 is 0 Å². The summed E-state index contributed by atoms with van der Waals surface area (Å²) in [6.45, 7) is 0. The monoisotopic (exact) mass is 207 g/mol. The molecule has 0 N–H and O–H groups in total. The van der Waals surface area contributed by atoms with Gasteiger partial charge in [-0.3, -0.25) is 0 Å². The van der Waals surface area contributed by atoms with Crippen molar-refractivity contribution >= 4 is 17.7 Å². The maximum absolute atomic E-state index is 11.7. The first-order chi connectivity index (χ1) is 5.97. The number of halogens is 4. The van der Waals surface area contributed by atoms with E-state index in [4.69, 9.17) is 11.6 Å². The van der Waals surface area contributed by atoms with Gasteiger partial charge in [0.1, 0.15) is 5.15 Å². The average molecular weight is 208 g/mol. The third-order valence-electron chi connectivity index (χ3n) is 1.22. The van der Waals surface area contributed by atoms with Gasteiger partial charge in [-0.05, 0) is 23.8 Å². The molecule has 0 amide bonds. The second kappa shape index (κ2) is 3.79. The van der Waals surface area contributed by atoms with Crippen molar-refractivity contribution in [2.75, 3.05) is 0 Å². The lowest BCUT2D eigenvalue weighted by molar-refractivity contribution is -0.0790. The molecular formula is C8H5ClF3N. The third kappa shape index (κ3) is 3.94. The van der Waals surface area contributed by atoms with Crippen molar-refractivity contribution in [2.45, 2.75) is 6.18 Å². The number of aromatic nitrogens is 1. The molecule has 0 unspecified atom stereocenters. The first-order valence-electron chi connectivity index (χ1n) is 3.35. The first kappa shape index (κ1) is 10.1. The molecule has 13 heavy (non-hydrogen) atoms. The van der Waals surface area contributed by atoms with E-state index in [1.165, 1.54) is 18.3 Å². The van der Waals surface area contributed by atoms with Gasteiger partial charge in [-0.1, -0.05) is 11.6 Å². The molecule has 0 aromatic carbocycles. The largest absolute Gasteiger partial charge is 0.409 e. The summed E-state index contributed by atoms with van der Waals surface area (Å²) in [6, 6.07) is 2.79. The molecule has 0 saturated carbocycles. The predicted molar refractivity (Wildman–Crippen MR) is 44.3 cm³/mol. The van der Waals surface area contributed by atoms with E-state index in [1.54, 1.807) is 0 Å². The van der Waals surface area contributed by atoms with E-state index in [1.807, 2.05) is 0 Å². The fourth-order valence-electron chi connectivity index (χ4n) is 0.712. The fraction of sp³-hybridized carbons (Fsp3) is 0.125. The van der Waals surface area contributed by atoms with Gasteiger partial charge in [0, 0.05) is 12.3 Å². The Morgan fingerprint density at radius 3 is 2.62 bits per heavy atom. The third-order valence-corrected chi connectivity index (χ3v) is 1.42. The fourth-order valence-corrected chi connectivity index (χ4v) is 0.894. The normalized spacial score (nSPS) is 12.3. The summed E-state index contributed by atoms with van der Waals surface area (Å²) in [6.07, 6.45) is -1.86. The minimum absolute atomic E-state index is 0.151. The van der Waals surface area contributed by atoms with Gasteiger partial charge in [-0.2, -0.15) is 13.2 Å². The number of pyridine rings is 1. The second-order valence-corrected chi connectivity index (χ2v) is 2.67. The highest BCUT2D eigenvalue weighted by atomic mass is 35.5. The van der Waals surface area contributed by atoms with Crippen LogP contribution < -0.4 is 0 Å². The van der Waals surface area contributed by atoms with Gasteiger partial charge in [-0.15, -0.1) is 0 Å². The summed E-state index contributed by atoms with van der Waals surface area (Å²) in [5.41, 5.74) is 0.373. The van der Waals surface area contributed by atoms with Crippen molar-refractivity contribution in [1.82, 2.24) is 4.98 Å². The number of hydrogen-bond acceptors (Lipinski definition) is 1. The summed E-state index contributed by atoms with van der Waals surface area (Å²) in [7, 11) is 0.